The first-order chi connectivity index (χ1) is 11.3. The summed E-state index contributed by atoms with van der Waals surface area (Å²) in [6.45, 7) is 1.34. The second kappa shape index (κ2) is 7.11. The molecule has 8 nitrogen and oxygen atoms in total. The highest BCUT2D eigenvalue weighted by atomic mass is 32.2. The molecule has 2 amide bonds. The average Bonchev–Trinajstić information content (AvgIpc) is 2.52. The summed E-state index contributed by atoms with van der Waals surface area (Å²) in [6, 6.07) is 10.9. The largest absolute Gasteiger partial charge is 0.508 e. The number of carbonyl (C=O) groups excluding carboxylic acids is 2. The molecule has 0 saturated heterocycles. The summed E-state index contributed by atoms with van der Waals surface area (Å²) in [5, 5.41) is 11.8. The molecule has 126 valence electrons. The van der Waals surface area contributed by atoms with Gasteiger partial charge in [0.15, 0.2) is 0 Å². The second-order valence-corrected chi connectivity index (χ2v) is 6.50. The van der Waals surface area contributed by atoms with Gasteiger partial charge in [-0.2, -0.15) is 0 Å². The van der Waals surface area contributed by atoms with Gasteiger partial charge in [0.05, 0.1) is 4.90 Å². The second-order valence-electron chi connectivity index (χ2n) is 4.82. The summed E-state index contributed by atoms with van der Waals surface area (Å²) in [7, 11) is -3.98. The Morgan fingerprint density at radius 2 is 1.71 bits per heavy atom. The molecule has 9 heteroatoms. The lowest BCUT2D eigenvalue weighted by molar-refractivity contribution is -0.114. The lowest BCUT2D eigenvalue weighted by Crippen LogP contribution is -2.41. The fourth-order valence-electron chi connectivity index (χ4n) is 1.81. The van der Waals surface area contributed by atoms with Gasteiger partial charge in [-0.1, -0.05) is 6.07 Å². The molecule has 0 aliphatic rings. The van der Waals surface area contributed by atoms with Crippen molar-refractivity contribution in [2.24, 2.45) is 0 Å². The van der Waals surface area contributed by atoms with Gasteiger partial charge in [-0.3, -0.25) is 15.0 Å². The molecule has 0 spiro atoms. The van der Waals surface area contributed by atoms with Gasteiger partial charge in [-0.05, 0) is 42.5 Å². The third kappa shape index (κ3) is 4.54. The van der Waals surface area contributed by atoms with Crippen LogP contribution in [0.1, 0.15) is 17.3 Å². The van der Waals surface area contributed by atoms with E-state index in [1.807, 2.05) is 4.83 Å². The van der Waals surface area contributed by atoms with Crippen LogP contribution >= 0.6 is 0 Å². The van der Waals surface area contributed by atoms with E-state index in [2.05, 4.69) is 10.7 Å². The minimum absolute atomic E-state index is 0.0900. The number of benzene rings is 2. The Bertz CT molecular complexity index is 863. The van der Waals surface area contributed by atoms with Crippen molar-refractivity contribution >= 4 is 27.5 Å². The van der Waals surface area contributed by atoms with E-state index in [1.54, 1.807) is 0 Å². The molecule has 0 aliphatic carbocycles. The molecule has 0 aliphatic heterocycles. The number of phenolic OH excluding ortho intramolecular Hbond substituents is 1. The van der Waals surface area contributed by atoms with Crippen molar-refractivity contribution in [3.05, 3.63) is 54.1 Å². The normalized spacial score (nSPS) is 10.9. The number of sulfonamides is 1. The van der Waals surface area contributed by atoms with Crippen molar-refractivity contribution in [1.29, 1.82) is 0 Å². The van der Waals surface area contributed by atoms with Crippen LogP contribution in [0.5, 0.6) is 5.75 Å². The zero-order valence-corrected chi connectivity index (χ0v) is 13.4. The number of amides is 2. The third-order valence-corrected chi connectivity index (χ3v) is 4.16. The molecule has 2 aromatic carbocycles. The van der Waals surface area contributed by atoms with Crippen LogP contribution in [0.25, 0.3) is 0 Å². The third-order valence-electron chi connectivity index (χ3n) is 2.89. The molecule has 0 heterocycles. The van der Waals surface area contributed by atoms with Crippen LogP contribution in [-0.2, 0) is 14.8 Å². The molecule has 2 rings (SSSR count). The van der Waals surface area contributed by atoms with Crippen molar-refractivity contribution in [1.82, 2.24) is 10.3 Å². The van der Waals surface area contributed by atoms with Crippen LogP contribution in [-0.4, -0.2) is 25.3 Å². The van der Waals surface area contributed by atoms with Crippen molar-refractivity contribution in [2.75, 3.05) is 5.32 Å². The van der Waals surface area contributed by atoms with Gasteiger partial charge in [0.2, 0.25) is 5.91 Å². The molecular weight excluding hydrogens is 334 g/mol. The molecular formula is C15H15N3O5S. The molecule has 0 unspecified atom stereocenters. The number of rotatable bonds is 5. The van der Waals surface area contributed by atoms with E-state index in [1.165, 1.54) is 55.5 Å². The van der Waals surface area contributed by atoms with E-state index in [9.17, 15) is 23.1 Å². The zero-order valence-electron chi connectivity index (χ0n) is 12.6. The molecule has 0 atom stereocenters. The molecule has 0 saturated carbocycles. The fourth-order valence-corrected chi connectivity index (χ4v) is 2.65. The lowest BCUT2D eigenvalue weighted by atomic mass is 10.2. The number of phenols is 1. The highest BCUT2D eigenvalue weighted by molar-refractivity contribution is 7.89. The maximum absolute atomic E-state index is 12.1. The molecule has 0 bridgehead atoms. The SMILES string of the molecule is CC(=O)Nc1ccc(S(=O)(=O)NNC(=O)c2cccc(O)c2)cc1. The first-order valence-electron chi connectivity index (χ1n) is 6.77. The van der Waals surface area contributed by atoms with Crippen molar-refractivity contribution in [3.8, 4) is 5.75 Å². The van der Waals surface area contributed by atoms with Crippen molar-refractivity contribution in [2.45, 2.75) is 11.8 Å². The number of carbonyl (C=O) groups is 2. The van der Waals surface area contributed by atoms with Gasteiger partial charge in [0.1, 0.15) is 5.75 Å². The maximum atomic E-state index is 12.1. The highest BCUT2D eigenvalue weighted by Crippen LogP contribution is 2.14. The van der Waals surface area contributed by atoms with Gasteiger partial charge in [-0.15, -0.1) is 4.83 Å². The molecule has 0 fully saturated rings. The number of nitrogens with one attached hydrogen (secondary N) is 3. The Hall–Kier alpha value is -2.91. The molecule has 0 aromatic heterocycles. The van der Waals surface area contributed by atoms with Crippen LogP contribution in [0.2, 0.25) is 0 Å². The van der Waals surface area contributed by atoms with Gasteiger partial charge in [0, 0.05) is 18.2 Å². The lowest BCUT2D eigenvalue weighted by Gasteiger charge is -2.09. The Morgan fingerprint density at radius 3 is 2.29 bits per heavy atom. The quantitative estimate of drug-likeness (QED) is 0.599. The monoisotopic (exact) mass is 349 g/mol. The standard InChI is InChI=1S/C15H15N3O5S/c1-10(19)16-12-5-7-14(8-6-12)24(22,23)18-17-15(21)11-3-2-4-13(20)9-11/h2-9,18,20H,1H3,(H,16,19)(H,17,21). The van der Waals surface area contributed by atoms with Crippen LogP contribution in [0.3, 0.4) is 0 Å². The van der Waals surface area contributed by atoms with E-state index >= 15 is 0 Å². The number of hydrazine groups is 1. The molecule has 24 heavy (non-hydrogen) atoms. The van der Waals surface area contributed by atoms with Gasteiger partial charge in [0.25, 0.3) is 15.9 Å². The van der Waals surface area contributed by atoms with Crippen LogP contribution < -0.4 is 15.6 Å². The van der Waals surface area contributed by atoms with Crippen LogP contribution in [0.4, 0.5) is 5.69 Å². The zero-order chi connectivity index (χ0) is 17.7. The van der Waals surface area contributed by atoms with E-state index in [0.29, 0.717) is 5.69 Å². The van der Waals surface area contributed by atoms with Crippen molar-refractivity contribution in [3.63, 3.8) is 0 Å². The Morgan fingerprint density at radius 1 is 1.04 bits per heavy atom. The average molecular weight is 349 g/mol. The Labute approximate surface area is 138 Å². The Balaban J connectivity index is 2.05. The summed E-state index contributed by atoms with van der Waals surface area (Å²) < 4.78 is 24.2. The smallest absolute Gasteiger partial charge is 0.266 e. The van der Waals surface area contributed by atoms with Gasteiger partial charge < -0.3 is 10.4 Å². The predicted octanol–water partition coefficient (Wildman–Crippen LogP) is 0.974. The molecule has 0 radical (unpaired) electrons. The summed E-state index contributed by atoms with van der Waals surface area (Å²) in [5.41, 5.74) is 2.60. The van der Waals surface area contributed by atoms with Gasteiger partial charge >= 0.3 is 0 Å². The number of anilines is 1. The number of hydrogen-bond donors (Lipinski definition) is 4. The van der Waals surface area contributed by atoms with Crippen molar-refractivity contribution < 1.29 is 23.1 Å². The summed E-state index contributed by atoms with van der Waals surface area (Å²) >= 11 is 0. The summed E-state index contributed by atoms with van der Waals surface area (Å²) in [4.78, 5) is 24.6. The summed E-state index contributed by atoms with van der Waals surface area (Å²) in [5.74, 6) is -1.11. The minimum Gasteiger partial charge on any atom is -0.508 e. The maximum Gasteiger partial charge on any atom is 0.266 e. The van der Waals surface area contributed by atoms with Crippen LogP contribution in [0.15, 0.2) is 53.4 Å². The highest BCUT2D eigenvalue weighted by Gasteiger charge is 2.16. The van der Waals surface area contributed by atoms with Crippen LogP contribution in [0, 0.1) is 0 Å². The fraction of sp³-hybridized carbons (Fsp3) is 0.0667. The van der Waals surface area contributed by atoms with E-state index < -0.39 is 15.9 Å². The Kier molecular flexibility index (Phi) is 5.17. The minimum atomic E-state index is -3.98. The van der Waals surface area contributed by atoms with E-state index in [4.69, 9.17) is 0 Å². The number of hydrogen-bond acceptors (Lipinski definition) is 5. The molecule has 2 aromatic rings. The number of aromatic hydroxyl groups is 1. The molecule has 4 N–H and O–H groups in total. The first kappa shape index (κ1) is 17.4. The van der Waals surface area contributed by atoms with Gasteiger partial charge in [-0.25, -0.2) is 8.42 Å². The predicted molar refractivity (Wildman–Crippen MR) is 86.6 cm³/mol. The topological polar surface area (TPSA) is 125 Å². The van der Waals surface area contributed by atoms with E-state index in [0.717, 1.165) is 0 Å². The summed E-state index contributed by atoms with van der Waals surface area (Å²) in [6.07, 6.45) is 0. The first-order valence-corrected chi connectivity index (χ1v) is 8.25. The van der Waals surface area contributed by atoms with E-state index in [-0.39, 0.29) is 22.1 Å².